The Labute approximate surface area is 128 Å². The molecule has 0 radical (unpaired) electrons. The summed E-state index contributed by atoms with van der Waals surface area (Å²) in [5.41, 5.74) is 0.297. The number of nitro benzene ring substituents is 1. The second-order valence-corrected chi connectivity index (χ2v) is 4.91. The van der Waals surface area contributed by atoms with Crippen LogP contribution in [0.1, 0.15) is 12.8 Å². The van der Waals surface area contributed by atoms with Gasteiger partial charge in [0.2, 0.25) is 5.91 Å². The first-order valence-electron chi connectivity index (χ1n) is 6.73. The van der Waals surface area contributed by atoms with Crippen molar-refractivity contribution in [2.75, 3.05) is 32.1 Å². The summed E-state index contributed by atoms with van der Waals surface area (Å²) in [5.74, 6) is -1.14. The Bertz CT molecular complexity index is 561. The number of benzene rings is 1. The standard InChI is InChI=1S/C14H19N3O5/c1-15(9-5-8-14(19)20)13(18)10-16(2)11-6-3-4-7-12(11)17(21)22/h3-4,6-7H,5,8-10H2,1-2H3,(H,19,20). The number of nitro groups is 1. The zero-order valence-electron chi connectivity index (χ0n) is 12.6. The van der Waals surface area contributed by atoms with E-state index in [4.69, 9.17) is 5.11 Å². The fourth-order valence-corrected chi connectivity index (χ4v) is 1.94. The van der Waals surface area contributed by atoms with Crippen LogP contribution in [0.5, 0.6) is 0 Å². The van der Waals surface area contributed by atoms with Crippen molar-refractivity contribution in [2.45, 2.75) is 12.8 Å². The highest BCUT2D eigenvalue weighted by Crippen LogP contribution is 2.26. The lowest BCUT2D eigenvalue weighted by atomic mass is 10.2. The van der Waals surface area contributed by atoms with Crippen LogP contribution in [0.4, 0.5) is 11.4 Å². The molecule has 0 fully saturated rings. The van der Waals surface area contributed by atoms with Gasteiger partial charge in [0.1, 0.15) is 5.69 Å². The van der Waals surface area contributed by atoms with Gasteiger partial charge in [-0.25, -0.2) is 0 Å². The van der Waals surface area contributed by atoms with Crippen LogP contribution >= 0.6 is 0 Å². The van der Waals surface area contributed by atoms with E-state index in [1.54, 1.807) is 32.3 Å². The molecule has 0 aliphatic heterocycles. The van der Waals surface area contributed by atoms with E-state index < -0.39 is 10.9 Å². The van der Waals surface area contributed by atoms with Crippen molar-refractivity contribution in [2.24, 2.45) is 0 Å². The van der Waals surface area contributed by atoms with Crippen molar-refractivity contribution in [1.82, 2.24) is 4.90 Å². The number of nitrogens with zero attached hydrogens (tertiary/aromatic N) is 3. The van der Waals surface area contributed by atoms with Crippen molar-refractivity contribution in [3.8, 4) is 0 Å². The number of carbonyl (C=O) groups excluding carboxylic acids is 1. The molecule has 0 atom stereocenters. The topological polar surface area (TPSA) is 104 Å². The van der Waals surface area contributed by atoms with Gasteiger partial charge in [-0.05, 0) is 12.5 Å². The molecule has 0 saturated carbocycles. The van der Waals surface area contributed by atoms with E-state index in [2.05, 4.69) is 0 Å². The molecule has 0 aliphatic carbocycles. The highest BCUT2D eigenvalue weighted by Gasteiger charge is 2.19. The Balaban J connectivity index is 2.64. The Morgan fingerprint density at radius 2 is 1.91 bits per heavy atom. The molecule has 1 N–H and O–H groups in total. The number of hydrogen-bond acceptors (Lipinski definition) is 5. The van der Waals surface area contributed by atoms with Crippen LogP contribution in [0, 0.1) is 10.1 Å². The molecule has 120 valence electrons. The minimum absolute atomic E-state index is 0.00236. The van der Waals surface area contributed by atoms with Crippen molar-refractivity contribution < 1.29 is 19.6 Å². The first kappa shape index (κ1) is 17.4. The summed E-state index contributed by atoms with van der Waals surface area (Å²) in [5, 5.41) is 19.5. The van der Waals surface area contributed by atoms with E-state index in [0.29, 0.717) is 18.7 Å². The second-order valence-electron chi connectivity index (χ2n) is 4.91. The molecule has 22 heavy (non-hydrogen) atoms. The van der Waals surface area contributed by atoms with Crippen LogP contribution in [-0.4, -0.2) is 54.0 Å². The molecule has 0 spiro atoms. The maximum absolute atomic E-state index is 12.1. The minimum Gasteiger partial charge on any atom is -0.481 e. The van der Waals surface area contributed by atoms with Crippen LogP contribution in [0.2, 0.25) is 0 Å². The Hall–Kier alpha value is -2.64. The van der Waals surface area contributed by atoms with E-state index in [0.717, 1.165) is 0 Å². The predicted octanol–water partition coefficient (Wildman–Crippen LogP) is 1.35. The molecule has 8 heteroatoms. The molecule has 0 heterocycles. The number of amides is 1. The highest BCUT2D eigenvalue weighted by molar-refractivity contribution is 5.82. The first-order chi connectivity index (χ1) is 10.3. The molecule has 0 aliphatic rings. The summed E-state index contributed by atoms with van der Waals surface area (Å²) in [6, 6.07) is 6.19. The average Bonchev–Trinajstić information content (AvgIpc) is 2.46. The number of carboxylic acids is 1. The molecular weight excluding hydrogens is 290 g/mol. The summed E-state index contributed by atoms with van der Waals surface area (Å²) in [6.07, 6.45) is 0.365. The largest absolute Gasteiger partial charge is 0.481 e. The summed E-state index contributed by atoms with van der Waals surface area (Å²) < 4.78 is 0. The quantitative estimate of drug-likeness (QED) is 0.574. The monoisotopic (exact) mass is 309 g/mol. The Kier molecular flexibility index (Phi) is 6.30. The lowest BCUT2D eigenvalue weighted by Crippen LogP contribution is -2.37. The van der Waals surface area contributed by atoms with Crippen molar-refractivity contribution in [3.05, 3.63) is 34.4 Å². The van der Waals surface area contributed by atoms with Gasteiger partial charge in [-0.2, -0.15) is 0 Å². The third-order valence-electron chi connectivity index (χ3n) is 3.17. The van der Waals surface area contributed by atoms with Gasteiger partial charge in [0, 0.05) is 33.1 Å². The van der Waals surface area contributed by atoms with Crippen LogP contribution < -0.4 is 4.90 Å². The lowest BCUT2D eigenvalue weighted by molar-refractivity contribution is -0.384. The molecule has 1 aromatic carbocycles. The van der Waals surface area contributed by atoms with Crippen molar-refractivity contribution in [3.63, 3.8) is 0 Å². The predicted molar refractivity (Wildman–Crippen MR) is 80.9 cm³/mol. The van der Waals surface area contributed by atoms with Gasteiger partial charge in [-0.15, -0.1) is 0 Å². The molecule has 1 rings (SSSR count). The number of aliphatic carboxylic acids is 1. The normalized spacial score (nSPS) is 10.1. The SMILES string of the molecule is CN(CCCC(=O)O)C(=O)CN(C)c1ccccc1[N+](=O)[O-]. The molecule has 0 saturated heterocycles. The van der Waals surface area contributed by atoms with Crippen LogP contribution in [0.25, 0.3) is 0 Å². The zero-order chi connectivity index (χ0) is 16.7. The fraction of sp³-hybridized carbons (Fsp3) is 0.429. The van der Waals surface area contributed by atoms with Gasteiger partial charge in [-0.1, -0.05) is 12.1 Å². The maximum atomic E-state index is 12.1. The number of likely N-dealkylation sites (N-methyl/N-ethyl adjacent to an activating group) is 2. The number of anilines is 1. The van der Waals surface area contributed by atoms with Gasteiger partial charge in [0.15, 0.2) is 0 Å². The molecule has 1 aromatic rings. The molecule has 0 unspecified atom stereocenters. The van der Waals surface area contributed by atoms with Gasteiger partial charge in [0.05, 0.1) is 11.5 Å². The summed E-state index contributed by atoms with van der Waals surface area (Å²) >= 11 is 0. The second kappa shape index (κ2) is 7.96. The summed E-state index contributed by atoms with van der Waals surface area (Å²) in [4.78, 5) is 35.9. The number of para-hydroxylation sites is 2. The van der Waals surface area contributed by atoms with E-state index in [9.17, 15) is 19.7 Å². The van der Waals surface area contributed by atoms with Crippen LogP contribution in [0.15, 0.2) is 24.3 Å². The van der Waals surface area contributed by atoms with Crippen molar-refractivity contribution >= 4 is 23.3 Å². The third-order valence-corrected chi connectivity index (χ3v) is 3.17. The summed E-state index contributed by atoms with van der Waals surface area (Å²) in [6.45, 7) is 0.310. The van der Waals surface area contributed by atoms with Crippen molar-refractivity contribution in [1.29, 1.82) is 0 Å². The van der Waals surface area contributed by atoms with Crippen LogP contribution in [-0.2, 0) is 9.59 Å². The molecule has 0 bridgehead atoms. The minimum atomic E-state index is -0.905. The third kappa shape index (κ3) is 5.04. The van der Waals surface area contributed by atoms with Gasteiger partial charge < -0.3 is 14.9 Å². The van der Waals surface area contributed by atoms with E-state index in [1.165, 1.54) is 15.9 Å². The average molecular weight is 309 g/mol. The van der Waals surface area contributed by atoms with E-state index in [1.807, 2.05) is 0 Å². The van der Waals surface area contributed by atoms with Crippen LogP contribution in [0.3, 0.4) is 0 Å². The molecule has 8 nitrogen and oxygen atoms in total. The zero-order valence-corrected chi connectivity index (χ0v) is 12.6. The van der Waals surface area contributed by atoms with Gasteiger partial charge >= 0.3 is 5.97 Å². The maximum Gasteiger partial charge on any atom is 0.303 e. The summed E-state index contributed by atoms with van der Waals surface area (Å²) in [7, 11) is 3.18. The fourth-order valence-electron chi connectivity index (χ4n) is 1.94. The number of rotatable bonds is 8. The smallest absolute Gasteiger partial charge is 0.303 e. The number of hydrogen-bond donors (Lipinski definition) is 1. The highest BCUT2D eigenvalue weighted by atomic mass is 16.6. The molecular formula is C14H19N3O5. The lowest BCUT2D eigenvalue weighted by Gasteiger charge is -2.23. The Morgan fingerprint density at radius 3 is 2.50 bits per heavy atom. The van der Waals surface area contributed by atoms with E-state index >= 15 is 0 Å². The Morgan fingerprint density at radius 1 is 1.27 bits per heavy atom. The molecule has 1 amide bonds. The molecule has 0 aromatic heterocycles. The first-order valence-corrected chi connectivity index (χ1v) is 6.73. The van der Waals surface area contributed by atoms with Gasteiger partial charge in [0.25, 0.3) is 5.69 Å². The number of carboxylic acid groups (broad SMARTS) is 1. The van der Waals surface area contributed by atoms with E-state index in [-0.39, 0.29) is 24.6 Å². The van der Waals surface area contributed by atoms with Gasteiger partial charge in [-0.3, -0.25) is 19.7 Å². The number of carbonyl (C=O) groups is 2.